The van der Waals surface area contributed by atoms with Gasteiger partial charge in [-0.1, -0.05) is 32.1 Å². The first-order chi connectivity index (χ1) is 15.2. The number of aliphatic hydroxyl groups is 1. The summed E-state index contributed by atoms with van der Waals surface area (Å²) in [5.41, 5.74) is 1.76. The van der Waals surface area contributed by atoms with E-state index in [0.717, 1.165) is 48.7 Å². The van der Waals surface area contributed by atoms with Gasteiger partial charge in [-0.25, -0.2) is 9.37 Å². The smallest absolute Gasteiger partial charge is 0.127 e. The van der Waals surface area contributed by atoms with Gasteiger partial charge in [-0.15, -0.1) is 0 Å². The quantitative estimate of drug-likeness (QED) is 0.749. The van der Waals surface area contributed by atoms with Crippen molar-refractivity contribution < 1.29 is 9.50 Å². The summed E-state index contributed by atoms with van der Waals surface area (Å²) in [6, 6.07) is 5.40. The van der Waals surface area contributed by atoms with E-state index in [1.807, 2.05) is 6.07 Å². The van der Waals surface area contributed by atoms with Crippen molar-refractivity contribution in [2.45, 2.75) is 82.4 Å². The molecule has 3 fully saturated rings. The van der Waals surface area contributed by atoms with Crippen molar-refractivity contribution in [2.24, 2.45) is 5.92 Å². The molecule has 170 valence electrons. The van der Waals surface area contributed by atoms with Crippen LogP contribution in [0.25, 0.3) is 11.0 Å². The fourth-order valence-electron chi connectivity index (χ4n) is 6.08. The highest BCUT2D eigenvalue weighted by Gasteiger charge is 2.32. The van der Waals surface area contributed by atoms with Crippen LogP contribution in [0.1, 0.15) is 82.1 Å². The summed E-state index contributed by atoms with van der Waals surface area (Å²) in [4.78, 5) is 7.51. The molecule has 2 aromatic rings. The van der Waals surface area contributed by atoms with E-state index in [9.17, 15) is 9.50 Å². The van der Waals surface area contributed by atoms with Gasteiger partial charge < -0.3 is 19.9 Å². The van der Waals surface area contributed by atoms with Crippen LogP contribution in [0.3, 0.4) is 0 Å². The van der Waals surface area contributed by atoms with E-state index < -0.39 is 0 Å². The van der Waals surface area contributed by atoms with Gasteiger partial charge in [0, 0.05) is 38.3 Å². The van der Waals surface area contributed by atoms with E-state index in [0.29, 0.717) is 19.0 Å². The first-order valence-electron chi connectivity index (χ1n) is 12.5. The number of β-amino-alcohol motifs (C(OH)–C–C–N with tert-alkyl or cyclic N) is 1. The lowest BCUT2D eigenvalue weighted by molar-refractivity contribution is 0.151. The lowest BCUT2D eigenvalue weighted by Crippen LogP contribution is -2.38. The zero-order chi connectivity index (χ0) is 21.2. The van der Waals surface area contributed by atoms with Crippen LogP contribution >= 0.6 is 0 Å². The number of aromatic nitrogens is 2. The van der Waals surface area contributed by atoms with Crippen molar-refractivity contribution in [2.75, 3.05) is 26.2 Å². The largest absolute Gasteiger partial charge is 0.392 e. The molecule has 2 atom stereocenters. The molecule has 3 heterocycles. The second kappa shape index (κ2) is 9.55. The highest BCUT2D eigenvalue weighted by atomic mass is 19.1. The predicted octanol–water partition coefficient (Wildman–Crippen LogP) is 4.57. The Morgan fingerprint density at radius 3 is 2.48 bits per heavy atom. The number of benzene rings is 1. The minimum Gasteiger partial charge on any atom is -0.392 e. The van der Waals surface area contributed by atoms with Gasteiger partial charge in [0.15, 0.2) is 0 Å². The topological polar surface area (TPSA) is 53.3 Å². The number of imidazole rings is 1. The second-order valence-electron chi connectivity index (χ2n) is 10.1. The van der Waals surface area contributed by atoms with Crippen molar-refractivity contribution in [3.05, 3.63) is 29.8 Å². The summed E-state index contributed by atoms with van der Waals surface area (Å²) in [6.45, 7) is 4.11. The Kier molecular flexibility index (Phi) is 6.58. The molecule has 1 aromatic heterocycles. The van der Waals surface area contributed by atoms with Crippen LogP contribution < -0.4 is 5.32 Å². The zero-order valence-corrected chi connectivity index (χ0v) is 18.6. The van der Waals surface area contributed by atoms with Crippen LogP contribution in [0.4, 0.5) is 4.39 Å². The number of nitrogens with zero attached hydrogens (tertiary/aromatic N) is 3. The molecule has 2 aliphatic heterocycles. The molecule has 0 spiro atoms. The van der Waals surface area contributed by atoms with Crippen molar-refractivity contribution in [3.8, 4) is 0 Å². The monoisotopic (exact) mass is 428 g/mol. The highest BCUT2D eigenvalue weighted by Crippen LogP contribution is 2.34. The standard InChI is InChI=1S/C25H37FN4O/c26-19-8-9-24-22(14-19)28-25(23-15-21(31)16-27-23)30(24)20-10-12-29(13-11-20)17-18-6-4-2-1-3-5-7-18/h8-9,14,18,20-21,23,27,31H,1-7,10-13,15-17H2/t21-,23+/m1/s1. The first-order valence-corrected chi connectivity index (χ1v) is 12.5. The van der Waals surface area contributed by atoms with Crippen LogP contribution in [-0.4, -0.2) is 51.8 Å². The molecular weight excluding hydrogens is 391 g/mol. The molecule has 1 saturated carbocycles. The van der Waals surface area contributed by atoms with Crippen LogP contribution in [0.2, 0.25) is 0 Å². The summed E-state index contributed by atoms with van der Waals surface area (Å²) in [6.07, 6.45) is 12.4. The van der Waals surface area contributed by atoms with Gasteiger partial charge in [0.05, 0.1) is 23.2 Å². The van der Waals surface area contributed by atoms with Gasteiger partial charge in [-0.05, 0) is 50.2 Å². The van der Waals surface area contributed by atoms with E-state index >= 15 is 0 Å². The Labute approximate surface area is 185 Å². The van der Waals surface area contributed by atoms with E-state index in [1.54, 1.807) is 12.1 Å². The van der Waals surface area contributed by atoms with Crippen molar-refractivity contribution in [1.29, 1.82) is 0 Å². The summed E-state index contributed by atoms with van der Waals surface area (Å²) >= 11 is 0. The molecule has 1 aromatic carbocycles. The van der Waals surface area contributed by atoms with E-state index in [-0.39, 0.29) is 18.0 Å². The van der Waals surface area contributed by atoms with Gasteiger partial charge >= 0.3 is 0 Å². The Bertz CT molecular complexity index is 868. The molecule has 6 heteroatoms. The summed E-state index contributed by atoms with van der Waals surface area (Å²) in [7, 11) is 0. The molecular formula is C25H37FN4O. The van der Waals surface area contributed by atoms with Gasteiger partial charge in [0.25, 0.3) is 0 Å². The molecule has 0 bridgehead atoms. The average Bonchev–Trinajstić information content (AvgIpc) is 3.33. The number of hydrogen-bond donors (Lipinski definition) is 2. The average molecular weight is 429 g/mol. The van der Waals surface area contributed by atoms with Gasteiger partial charge in [-0.3, -0.25) is 0 Å². The normalized spacial score (nSPS) is 27.5. The Morgan fingerprint density at radius 2 is 1.77 bits per heavy atom. The van der Waals surface area contributed by atoms with E-state index in [4.69, 9.17) is 4.98 Å². The maximum absolute atomic E-state index is 13.9. The fraction of sp³-hybridized carbons (Fsp3) is 0.720. The molecule has 2 saturated heterocycles. The number of aliphatic hydroxyl groups excluding tert-OH is 1. The zero-order valence-electron chi connectivity index (χ0n) is 18.6. The number of rotatable bonds is 4. The Morgan fingerprint density at radius 1 is 1.03 bits per heavy atom. The molecule has 3 aliphatic rings. The van der Waals surface area contributed by atoms with Crippen LogP contribution in [0.5, 0.6) is 0 Å². The number of nitrogens with one attached hydrogen (secondary N) is 1. The third kappa shape index (κ3) is 4.81. The molecule has 0 radical (unpaired) electrons. The SMILES string of the molecule is O[C@H]1CN[C@H](c2nc3cc(F)ccc3n2C2CCN(CC3CCCCCCC3)CC2)C1. The maximum Gasteiger partial charge on any atom is 0.127 e. The van der Waals surface area contributed by atoms with E-state index in [2.05, 4.69) is 14.8 Å². The Hall–Kier alpha value is -1.50. The third-order valence-electron chi connectivity index (χ3n) is 7.76. The van der Waals surface area contributed by atoms with Crippen LogP contribution in [-0.2, 0) is 0 Å². The first kappa shape index (κ1) is 21.4. The lowest BCUT2D eigenvalue weighted by Gasteiger charge is -2.36. The van der Waals surface area contributed by atoms with Crippen molar-refractivity contribution in [1.82, 2.24) is 19.8 Å². The number of fused-ring (bicyclic) bond motifs is 1. The number of piperidine rings is 1. The lowest BCUT2D eigenvalue weighted by atomic mass is 9.90. The molecule has 1 aliphatic carbocycles. The van der Waals surface area contributed by atoms with Crippen molar-refractivity contribution in [3.63, 3.8) is 0 Å². The van der Waals surface area contributed by atoms with Crippen molar-refractivity contribution >= 4 is 11.0 Å². The number of likely N-dealkylation sites (tertiary alicyclic amines) is 1. The predicted molar refractivity (Wildman–Crippen MR) is 122 cm³/mol. The molecule has 5 nitrogen and oxygen atoms in total. The summed E-state index contributed by atoms with van der Waals surface area (Å²) in [5, 5.41) is 13.5. The number of hydrogen-bond acceptors (Lipinski definition) is 4. The minimum atomic E-state index is -0.333. The maximum atomic E-state index is 13.9. The van der Waals surface area contributed by atoms with Gasteiger partial charge in [0.1, 0.15) is 11.6 Å². The van der Waals surface area contributed by atoms with E-state index in [1.165, 1.54) is 51.5 Å². The van der Waals surface area contributed by atoms with Gasteiger partial charge in [0.2, 0.25) is 0 Å². The fourth-order valence-corrected chi connectivity index (χ4v) is 6.08. The number of halogens is 1. The second-order valence-corrected chi connectivity index (χ2v) is 10.1. The van der Waals surface area contributed by atoms with Crippen LogP contribution in [0, 0.1) is 11.7 Å². The molecule has 0 amide bonds. The summed E-state index contributed by atoms with van der Waals surface area (Å²) < 4.78 is 16.2. The molecule has 0 unspecified atom stereocenters. The Balaban J connectivity index is 1.30. The van der Waals surface area contributed by atoms with Crippen LogP contribution in [0.15, 0.2) is 18.2 Å². The minimum absolute atomic E-state index is 0.0402. The molecule has 5 rings (SSSR count). The third-order valence-corrected chi connectivity index (χ3v) is 7.76. The van der Waals surface area contributed by atoms with Gasteiger partial charge in [-0.2, -0.15) is 0 Å². The highest BCUT2D eigenvalue weighted by molar-refractivity contribution is 5.76. The molecule has 2 N–H and O–H groups in total. The molecule has 31 heavy (non-hydrogen) atoms. The summed E-state index contributed by atoms with van der Waals surface area (Å²) in [5.74, 6) is 1.60.